The van der Waals surface area contributed by atoms with E-state index in [4.69, 9.17) is 4.74 Å². The third-order valence-corrected chi connectivity index (χ3v) is 7.24. The molecular weight excluding hydrogens is 366 g/mol. The van der Waals surface area contributed by atoms with Crippen molar-refractivity contribution in [3.63, 3.8) is 0 Å². The summed E-state index contributed by atoms with van der Waals surface area (Å²) in [6.07, 6.45) is 10.4. The van der Waals surface area contributed by atoms with Crippen LogP contribution in [0, 0.1) is 11.8 Å². The second-order valence-corrected chi connectivity index (χ2v) is 9.34. The van der Waals surface area contributed by atoms with Crippen LogP contribution in [0.25, 0.3) is 6.08 Å². The van der Waals surface area contributed by atoms with Crippen molar-refractivity contribution in [1.82, 2.24) is 9.97 Å². The van der Waals surface area contributed by atoms with Crippen LogP contribution in [0.15, 0.2) is 28.2 Å². The molecule has 29 heavy (non-hydrogen) atoms. The molecule has 2 heterocycles. The van der Waals surface area contributed by atoms with E-state index < -0.39 is 0 Å². The standard InChI is InChI=1S/C22H25N5O2/c1-29-22-9-14-4-15(10-22)8-21(7-14,11-22)27-20-25-18(19(28)26-20)6-13-2-3-16-17(5-13)24-12-23-16/h2-3,5-6,12,14-15,28H,4,7-11H2,1H3,(H2,25,26,27)/b13-6+. The van der Waals surface area contributed by atoms with E-state index in [1.165, 1.54) is 19.3 Å². The molecule has 4 fully saturated rings. The molecule has 2 unspecified atom stereocenters. The van der Waals surface area contributed by atoms with Gasteiger partial charge in [0.05, 0.1) is 16.6 Å². The number of methoxy groups -OCH3 is 1. The van der Waals surface area contributed by atoms with Gasteiger partial charge in [-0.25, -0.2) is 9.98 Å². The van der Waals surface area contributed by atoms with Gasteiger partial charge in [-0.05, 0) is 73.8 Å². The maximum Gasteiger partial charge on any atom is 0.238 e. The highest BCUT2D eigenvalue weighted by Crippen LogP contribution is 2.59. The number of nitrogens with one attached hydrogen (secondary N) is 2. The van der Waals surface area contributed by atoms with Gasteiger partial charge in [-0.1, -0.05) is 6.07 Å². The van der Waals surface area contributed by atoms with E-state index in [1.807, 2.05) is 31.4 Å². The number of rotatable bonds is 4. The maximum absolute atomic E-state index is 10.4. The first-order valence-electron chi connectivity index (χ1n) is 10.4. The van der Waals surface area contributed by atoms with Crippen LogP contribution in [0.3, 0.4) is 0 Å². The number of imidazole rings is 1. The Morgan fingerprint density at radius 1 is 1.24 bits per heavy atom. The molecule has 150 valence electrons. The lowest BCUT2D eigenvalue weighted by Crippen LogP contribution is -2.62. The molecule has 2 aromatic rings. The van der Waals surface area contributed by atoms with E-state index in [1.54, 1.807) is 6.34 Å². The molecule has 7 heteroatoms. The Morgan fingerprint density at radius 2 is 2.07 bits per heavy atom. The highest BCUT2D eigenvalue weighted by molar-refractivity contribution is 5.67. The van der Waals surface area contributed by atoms with Gasteiger partial charge >= 0.3 is 0 Å². The van der Waals surface area contributed by atoms with Gasteiger partial charge in [0, 0.05) is 12.6 Å². The Kier molecular flexibility index (Phi) is 3.51. The summed E-state index contributed by atoms with van der Waals surface area (Å²) in [5.74, 6) is 2.08. The normalized spacial score (nSPS) is 34.4. The van der Waals surface area contributed by atoms with E-state index in [2.05, 4.69) is 25.3 Å². The van der Waals surface area contributed by atoms with Gasteiger partial charge in [0.25, 0.3) is 0 Å². The summed E-state index contributed by atoms with van der Waals surface area (Å²) in [6.45, 7) is 0. The molecule has 4 saturated carbocycles. The lowest BCUT2D eigenvalue weighted by Gasteiger charge is -2.61. The molecule has 7 nitrogen and oxygen atoms in total. The maximum atomic E-state index is 10.4. The van der Waals surface area contributed by atoms with Gasteiger partial charge in [0.1, 0.15) is 12.0 Å². The number of aromatic hydroxyl groups is 1. The molecule has 0 saturated heterocycles. The molecular formula is C22H25N5O2. The largest absolute Gasteiger partial charge is 0.492 e. The average Bonchev–Trinajstić information content (AvgIpc) is 3.26. The van der Waals surface area contributed by atoms with Crippen molar-refractivity contribution in [2.75, 3.05) is 12.4 Å². The van der Waals surface area contributed by atoms with E-state index >= 15 is 0 Å². The predicted molar refractivity (Wildman–Crippen MR) is 110 cm³/mol. The topological polar surface area (TPSA) is 94.9 Å². The van der Waals surface area contributed by atoms with Gasteiger partial charge in [-0.2, -0.15) is 4.98 Å². The molecule has 2 atom stereocenters. The number of fused-ring (bicyclic) bond motifs is 1. The molecule has 3 N–H and O–H groups in total. The highest BCUT2D eigenvalue weighted by atomic mass is 16.5. The zero-order valence-electron chi connectivity index (χ0n) is 16.5. The van der Waals surface area contributed by atoms with Crippen LogP contribution < -0.4 is 15.9 Å². The summed E-state index contributed by atoms with van der Waals surface area (Å²) in [4.78, 5) is 16.1. The summed E-state index contributed by atoms with van der Waals surface area (Å²) < 4.78 is 6.01. The van der Waals surface area contributed by atoms with Gasteiger partial charge in [-0.15, -0.1) is 0 Å². The average molecular weight is 391 g/mol. The fraction of sp³-hybridized carbons (Fsp3) is 0.500. The molecule has 4 bridgehead atoms. The number of nitrogens with zero attached hydrogens (tertiary/aromatic N) is 3. The molecule has 7 rings (SSSR count). The van der Waals surface area contributed by atoms with Crippen LogP contribution in [0.4, 0.5) is 11.6 Å². The van der Waals surface area contributed by atoms with Gasteiger partial charge in [-0.3, -0.25) is 0 Å². The number of hydrogen-bond donors (Lipinski definition) is 3. The first kappa shape index (κ1) is 17.2. The third kappa shape index (κ3) is 2.79. The van der Waals surface area contributed by atoms with Crippen molar-refractivity contribution in [2.45, 2.75) is 49.7 Å². The molecule has 0 amide bonds. The van der Waals surface area contributed by atoms with Crippen molar-refractivity contribution in [3.05, 3.63) is 34.5 Å². The summed E-state index contributed by atoms with van der Waals surface area (Å²) in [7, 11) is 1.86. The number of ether oxygens (including phenoxy) is 1. The van der Waals surface area contributed by atoms with Gasteiger partial charge in [0.15, 0.2) is 0 Å². The Labute approximate surface area is 168 Å². The fourth-order valence-corrected chi connectivity index (χ4v) is 6.51. The zero-order chi connectivity index (χ0) is 19.6. The predicted octanol–water partition coefficient (Wildman–Crippen LogP) is 2.39. The van der Waals surface area contributed by atoms with Crippen LogP contribution in [0.2, 0.25) is 0 Å². The van der Waals surface area contributed by atoms with Crippen molar-refractivity contribution >= 4 is 24.1 Å². The molecule has 0 spiro atoms. The smallest absolute Gasteiger partial charge is 0.238 e. The number of H-pyrrole nitrogens is 1. The number of aromatic nitrogens is 2. The molecule has 5 aliphatic rings. The minimum absolute atomic E-state index is 0.00540. The SMILES string of the molecule is COC12CC3CC(CC(Nc4nc(O)c(/C=c5\ccc6c(c5)N=CN=6)[nH]4)(C3)C1)C2. The zero-order valence-corrected chi connectivity index (χ0v) is 16.5. The molecule has 0 radical (unpaired) electrons. The fourth-order valence-electron chi connectivity index (χ4n) is 6.51. The molecule has 1 aromatic heterocycles. The molecule has 1 aliphatic heterocycles. The van der Waals surface area contributed by atoms with Gasteiger partial charge in [0.2, 0.25) is 11.8 Å². The number of anilines is 1. The van der Waals surface area contributed by atoms with Crippen molar-refractivity contribution in [3.8, 4) is 5.88 Å². The lowest BCUT2D eigenvalue weighted by molar-refractivity contribution is -0.148. The number of hydrogen-bond acceptors (Lipinski definition) is 6. The van der Waals surface area contributed by atoms with Gasteiger partial charge < -0.3 is 20.1 Å². The van der Waals surface area contributed by atoms with Crippen LogP contribution in [0.1, 0.15) is 44.2 Å². The number of aliphatic imine (C=N–C) groups is 1. The quantitative estimate of drug-likeness (QED) is 0.746. The summed E-state index contributed by atoms with van der Waals surface area (Å²) >= 11 is 0. The van der Waals surface area contributed by atoms with E-state index in [9.17, 15) is 5.11 Å². The van der Waals surface area contributed by atoms with Crippen LogP contribution >= 0.6 is 0 Å². The van der Waals surface area contributed by atoms with Crippen LogP contribution in [-0.4, -0.2) is 39.7 Å². The highest BCUT2D eigenvalue weighted by Gasteiger charge is 2.58. The summed E-state index contributed by atoms with van der Waals surface area (Å²) in [5.41, 5.74) is 1.45. The lowest BCUT2D eigenvalue weighted by atomic mass is 9.51. The Morgan fingerprint density at radius 3 is 2.86 bits per heavy atom. The molecule has 4 aliphatic carbocycles. The van der Waals surface area contributed by atoms with E-state index in [-0.39, 0.29) is 17.0 Å². The van der Waals surface area contributed by atoms with E-state index in [0.717, 1.165) is 47.4 Å². The van der Waals surface area contributed by atoms with Crippen molar-refractivity contribution in [1.29, 1.82) is 0 Å². The summed E-state index contributed by atoms with van der Waals surface area (Å²) in [5, 5.41) is 15.9. The minimum Gasteiger partial charge on any atom is -0.492 e. The first-order chi connectivity index (χ1) is 14.0. The Balaban J connectivity index is 1.30. The summed E-state index contributed by atoms with van der Waals surface area (Å²) in [6, 6.07) is 5.85. The van der Waals surface area contributed by atoms with Crippen LogP contribution in [0.5, 0.6) is 5.88 Å². The Hall–Kier alpha value is -2.67. The van der Waals surface area contributed by atoms with Crippen molar-refractivity contribution in [2.24, 2.45) is 21.8 Å². The number of benzene rings is 1. The van der Waals surface area contributed by atoms with Crippen molar-refractivity contribution < 1.29 is 9.84 Å². The first-order valence-corrected chi connectivity index (χ1v) is 10.4. The number of aromatic amines is 1. The second kappa shape index (κ2) is 5.92. The van der Waals surface area contributed by atoms with E-state index in [0.29, 0.717) is 11.6 Å². The van der Waals surface area contributed by atoms with Crippen LogP contribution in [-0.2, 0) is 4.74 Å². The molecule has 1 aromatic carbocycles. The third-order valence-electron chi connectivity index (χ3n) is 7.24. The second-order valence-electron chi connectivity index (χ2n) is 9.34. The minimum atomic E-state index is 0.00540. The Bertz CT molecular complexity index is 1120. The monoisotopic (exact) mass is 391 g/mol.